The normalized spacial score (nSPS) is 12.3. The molecule has 0 aliphatic heterocycles. The summed E-state index contributed by atoms with van der Waals surface area (Å²) in [4.78, 5) is 11.8. The van der Waals surface area contributed by atoms with Crippen LogP contribution in [0.1, 0.15) is 37.3 Å². The standard InChI is InChI=1S/C21H25ClN4O2/c1-14(2)21-25-12-18(26-21)15-3-6-17(7-4-15)28-10-9-23-13-19(27)16-5-8-20(22)24-11-16/h3-8,11-12,14,19,23,27H,9-10,13H2,1-2H3,(H,25,26)/t19-/m0/s1. The Labute approximate surface area is 170 Å². The Kier molecular flexibility index (Phi) is 7.03. The molecular formula is C21H25ClN4O2. The Morgan fingerprint density at radius 2 is 1.96 bits per heavy atom. The van der Waals surface area contributed by atoms with E-state index in [1.807, 2.05) is 30.5 Å². The molecule has 0 amide bonds. The van der Waals surface area contributed by atoms with Crippen molar-refractivity contribution in [1.82, 2.24) is 20.3 Å². The second kappa shape index (κ2) is 9.68. The topological polar surface area (TPSA) is 83.1 Å². The van der Waals surface area contributed by atoms with E-state index < -0.39 is 6.10 Å². The van der Waals surface area contributed by atoms with Gasteiger partial charge in [-0.1, -0.05) is 31.5 Å². The van der Waals surface area contributed by atoms with Crippen LogP contribution >= 0.6 is 11.6 Å². The maximum Gasteiger partial charge on any atom is 0.129 e. The zero-order valence-corrected chi connectivity index (χ0v) is 16.8. The summed E-state index contributed by atoms with van der Waals surface area (Å²) in [5.41, 5.74) is 2.71. The van der Waals surface area contributed by atoms with Crippen molar-refractivity contribution in [2.24, 2.45) is 0 Å². The molecule has 6 nitrogen and oxygen atoms in total. The van der Waals surface area contributed by atoms with Crippen molar-refractivity contribution in [3.8, 4) is 17.0 Å². The number of aromatic nitrogens is 3. The number of aromatic amines is 1. The molecule has 2 aromatic heterocycles. The van der Waals surface area contributed by atoms with E-state index in [1.54, 1.807) is 18.3 Å². The molecule has 0 spiro atoms. The van der Waals surface area contributed by atoms with Crippen molar-refractivity contribution in [3.63, 3.8) is 0 Å². The average Bonchev–Trinajstić information content (AvgIpc) is 3.19. The van der Waals surface area contributed by atoms with E-state index in [0.717, 1.165) is 28.4 Å². The monoisotopic (exact) mass is 400 g/mol. The van der Waals surface area contributed by atoms with E-state index in [1.165, 1.54) is 0 Å². The Hall–Kier alpha value is -2.41. The number of aliphatic hydroxyl groups is 1. The number of nitrogens with zero attached hydrogens (tertiary/aromatic N) is 2. The van der Waals surface area contributed by atoms with E-state index >= 15 is 0 Å². The van der Waals surface area contributed by atoms with Crippen molar-refractivity contribution >= 4 is 11.6 Å². The molecule has 0 radical (unpaired) electrons. The predicted molar refractivity (Wildman–Crippen MR) is 111 cm³/mol. The summed E-state index contributed by atoms with van der Waals surface area (Å²) in [5, 5.41) is 13.7. The molecule has 28 heavy (non-hydrogen) atoms. The molecule has 0 aliphatic carbocycles. The molecule has 3 rings (SSSR count). The van der Waals surface area contributed by atoms with Crippen molar-refractivity contribution < 1.29 is 9.84 Å². The van der Waals surface area contributed by atoms with Gasteiger partial charge in [-0.2, -0.15) is 0 Å². The highest BCUT2D eigenvalue weighted by Gasteiger charge is 2.08. The summed E-state index contributed by atoms with van der Waals surface area (Å²) in [7, 11) is 0. The van der Waals surface area contributed by atoms with Gasteiger partial charge in [0.15, 0.2) is 0 Å². The first-order valence-corrected chi connectivity index (χ1v) is 9.69. The van der Waals surface area contributed by atoms with Gasteiger partial charge >= 0.3 is 0 Å². The second-order valence-electron chi connectivity index (χ2n) is 6.83. The van der Waals surface area contributed by atoms with Crippen molar-refractivity contribution in [2.75, 3.05) is 19.7 Å². The molecule has 0 saturated carbocycles. The Morgan fingerprint density at radius 3 is 2.61 bits per heavy atom. The summed E-state index contributed by atoms with van der Waals surface area (Å²) < 4.78 is 5.74. The van der Waals surface area contributed by atoms with Crippen LogP contribution in [0.15, 0.2) is 48.8 Å². The highest BCUT2D eigenvalue weighted by molar-refractivity contribution is 6.29. The summed E-state index contributed by atoms with van der Waals surface area (Å²) in [6.07, 6.45) is 2.88. The van der Waals surface area contributed by atoms with Gasteiger partial charge in [0.05, 0.1) is 11.8 Å². The molecule has 0 saturated heterocycles. The molecule has 0 unspecified atom stereocenters. The number of nitrogens with one attached hydrogen (secondary N) is 2. The zero-order valence-electron chi connectivity index (χ0n) is 16.0. The third-order valence-electron chi connectivity index (χ3n) is 4.31. The van der Waals surface area contributed by atoms with E-state index in [2.05, 4.69) is 34.1 Å². The lowest BCUT2D eigenvalue weighted by Gasteiger charge is -2.12. The van der Waals surface area contributed by atoms with Gasteiger partial charge in [0.25, 0.3) is 0 Å². The number of benzene rings is 1. The quantitative estimate of drug-likeness (QED) is 0.374. The summed E-state index contributed by atoms with van der Waals surface area (Å²) in [5.74, 6) is 2.16. The van der Waals surface area contributed by atoms with Gasteiger partial charge in [-0.25, -0.2) is 9.97 Å². The summed E-state index contributed by atoms with van der Waals surface area (Å²) in [6, 6.07) is 11.3. The highest BCUT2D eigenvalue weighted by atomic mass is 35.5. The maximum atomic E-state index is 10.1. The first kappa shape index (κ1) is 20.3. The van der Waals surface area contributed by atoms with Crippen LogP contribution in [0, 0.1) is 0 Å². The minimum atomic E-state index is -0.631. The third-order valence-corrected chi connectivity index (χ3v) is 4.54. The van der Waals surface area contributed by atoms with Gasteiger partial charge < -0.3 is 20.1 Å². The molecule has 148 valence electrons. The molecular weight excluding hydrogens is 376 g/mol. The van der Waals surface area contributed by atoms with Crippen LogP contribution in [0.5, 0.6) is 5.75 Å². The first-order chi connectivity index (χ1) is 13.5. The van der Waals surface area contributed by atoms with Gasteiger partial charge in [-0.3, -0.25) is 0 Å². The number of hydrogen-bond acceptors (Lipinski definition) is 5. The van der Waals surface area contributed by atoms with E-state index in [-0.39, 0.29) is 0 Å². The number of imidazole rings is 1. The minimum Gasteiger partial charge on any atom is -0.492 e. The van der Waals surface area contributed by atoms with Crippen molar-refractivity contribution in [2.45, 2.75) is 25.9 Å². The van der Waals surface area contributed by atoms with Crippen LogP contribution in [0.4, 0.5) is 0 Å². The van der Waals surface area contributed by atoms with Gasteiger partial charge in [0.2, 0.25) is 0 Å². The van der Waals surface area contributed by atoms with Crippen LogP contribution in [0.2, 0.25) is 5.15 Å². The molecule has 1 atom stereocenters. The van der Waals surface area contributed by atoms with E-state index in [4.69, 9.17) is 16.3 Å². The number of ether oxygens (including phenoxy) is 1. The molecule has 3 N–H and O–H groups in total. The van der Waals surface area contributed by atoms with Gasteiger partial charge in [0.1, 0.15) is 23.3 Å². The summed E-state index contributed by atoms with van der Waals surface area (Å²) in [6.45, 7) is 5.77. The van der Waals surface area contributed by atoms with E-state index in [9.17, 15) is 5.11 Å². The third kappa shape index (κ3) is 5.55. The average molecular weight is 401 g/mol. The number of aliphatic hydroxyl groups excluding tert-OH is 1. The van der Waals surface area contributed by atoms with Gasteiger partial charge in [-0.15, -0.1) is 0 Å². The van der Waals surface area contributed by atoms with Crippen LogP contribution in [-0.4, -0.2) is 39.8 Å². The zero-order chi connectivity index (χ0) is 19.9. The lowest BCUT2D eigenvalue weighted by Crippen LogP contribution is -2.26. The maximum absolute atomic E-state index is 10.1. The minimum absolute atomic E-state index is 0.373. The fourth-order valence-corrected chi connectivity index (χ4v) is 2.80. The largest absolute Gasteiger partial charge is 0.492 e. The molecule has 7 heteroatoms. The van der Waals surface area contributed by atoms with Crippen molar-refractivity contribution in [3.05, 3.63) is 65.3 Å². The van der Waals surface area contributed by atoms with E-state index in [0.29, 0.717) is 30.8 Å². The highest BCUT2D eigenvalue weighted by Crippen LogP contribution is 2.22. The Bertz CT molecular complexity index is 863. The SMILES string of the molecule is CC(C)c1nc(-c2ccc(OCCNC[C@H](O)c3ccc(Cl)nc3)cc2)c[nH]1. The van der Waals surface area contributed by atoms with Gasteiger partial charge in [0, 0.05) is 42.5 Å². The van der Waals surface area contributed by atoms with Gasteiger partial charge in [-0.05, 0) is 30.3 Å². The number of pyridine rings is 1. The molecule has 0 fully saturated rings. The molecule has 0 aliphatic rings. The fourth-order valence-electron chi connectivity index (χ4n) is 2.68. The lowest BCUT2D eigenvalue weighted by atomic mass is 10.1. The predicted octanol–water partition coefficient (Wildman–Crippen LogP) is 3.95. The number of H-pyrrole nitrogens is 1. The smallest absolute Gasteiger partial charge is 0.129 e. The number of halogens is 1. The second-order valence-corrected chi connectivity index (χ2v) is 7.22. The molecule has 0 bridgehead atoms. The molecule has 3 aromatic rings. The molecule has 1 aromatic carbocycles. The fraction of sp³-hybridized carbons (Fsp3) is 0.333. The Morgan fingerprint density at radius 1 is 1.18 bits per heavy atom. The van der Waals surface area contributed by atoms with Crippen LogP contribution < -0.4 is 10.1 Å². The lowest BCUT2D eigenvalue weighted by molar-refractivity contribution is 0.171. The summed E-state index contributed by atoms with van der Waals surface area (Å²) >= 11 is 5.75. The van der Waals surface area contributed by atoms with Crippen molar-refractivity contribution in [1.29, 1.82) is 0 Å². The number of hydrogen-bond donors (Lipinski definition) is 3. The van der Waals surface area contributed by atoms with Crippen LogP contribution in [0.3, 0.4) is 0 Å². The molecule has 2 heterocycles. The first-order valence-electron chi connectivity index (χ1n) is 9.31. The number of rotatable bonds is 9. The van der Waals surface area contributed by atoms with Crippen LogP contribution in [0.25, 0.3) is 11.3 Å². The Balaban J connectivity index is 1.40. The van der Waals surface area contributed by atoms with Crippen LogP contribution in [-0.2, 0) is 0 Å².